The number of nitrogens with one attached hydrogen (secondary N) is 1. The monoisotopic (exact) mass is 238 g/mol. The summed E-state index contributed by atoms with van der Waals surface area (Å²) in [7, 11) is 0. The van der Waals surface area contributed by atoms with Crippen molar-refractivity contribution in [3.05, 3.63) is 47.9 Å². The number of nitrogens with zero attached hydrogens (tertiary/aromatic N) is 1. The number of hydrogen-bond donors (Lipinski definition) is 1. The predicted octanol–water partition coefficient (Wildman–Crippen LogP) is 2.13. The molecule has 1 N–H and O–H groups in total. The highest BCUT2D eigenvalue weighted by Crippen LogP contribution is 2.15. The van der Waals surface area contributed by atoms with Crippen LogP contribution in [0.1, 0.15) is 5.69 Å². The van der Waals surface area contributed by atoms with Crippen molar-refractivity contribution >= 4 is 11.6 Å². The maximum Gasteiger partial charge on any atom is 0.230 e. The average molecular weight is 238 g/mol. The van der Waals surface area contributed by atoms with Crippen LogP contribution >= 0.6 is 0 Å². The molecular formula is C11H8F2N2O2. The summed E-state index contributed by atoms with van der Waals surface area (Å²) in [6.07, 6.45) is 1.30. The van der Waals surface area contributed by atoms with Gasteiger partial charge in [0, 0.05) is 12.1 Å². The normalized spacial score (nSPS) is 10.2. The molecule has 0 saturated carbocycles. The molecule has 0 bridgehead atoms. The SMILES string of the molecule is O=C(Cc1ccon1)Nc1ccc(F)cc1F. The zero-order chi connectivity index (χ0) is 12.3. The number of anilines is 1. The summed E-state index contributed by atoms with van der Waals surface area (Å²) in [4.78, 5) is 11.5. The number of amides is 1. The summed E-state index contributed by atoms with van der Waals surface area (Å²) in [6.45, 7) is 0. The van der Waals surface area contributed by atoms with Gasteiger partial charge in [-0.1, -0.05) is 5.16 Å². The van der Waals surface area contributed by atoms with Crippen LogP contribution in [0.4, 0.5) is 14.5 Å². The van der Waals surface area contributed by atoms with Crippen molar-refractivity contribution in [2.45, 2.75) is 6.42 Å². The van der Waals surface area contributed by atoms with Gasteiger partial charge in [0.1, 0.15) is 17.9 Å². The van der Waals surface area contributed by atoms with Gasteiger partial charge in [-0.25, -0.2) is 8.78 Å². The maximum atomic E-state index is 13.2. The van der Waals surface area contributed by atoms with E-state index in [0.29, 0.717) is 11.8 Å². The van der Waals surface area contributed by atoms with Crippen LogP contribution in [-0.4, -0.2) is 11.1 Å². The van der Waals surface area contributed by atoms with E-state index in [0.717, 1.165) is 12.1 Å². The van der Waals surface area contributed by atoms with Crippen molar-refractivity contribution in [3.8, 4) is 0 Å². The third-order valence-electron chi connectivity index (χ3n) is 2.04. The molecule has 88 valence electrons. The van der Waals surface area contributed by atoms with Crippen molar-refractivity contribution in [1.29, 1.82) is 0 Å². The molecule has 0 aliphatic carbocycles. The lowest BCUT2D eigenvalue weighted by Crippen LogP contribution is -2.15. The minimum absolute atomic E-state index is 0.0344. The first kappa shape index (κ1) is 11.3. The molecule has 1 heterocycles. The first-order chi connectivity index (χ1) is 8.15. The second-order valence-corrected chi connectivity index (χ2v) is 3.34. The molecule has 1 aromatic heterocycles. The zero-order valence-corrected chi connectivity index (χ0v) is 8.61. The Hall–Kier alpha value is -2.24. The lowest BCUT2D eigenvalue weighted by Gasteiger charge is -2.04. The summed E-state index contributed by atoms with van der Waals surface area (Å²) in [5.74, 6) is -1.97. The van der Waals surface area contributed by atoms with Crippen molar-refractivity contribution in [1.82, 2.24) is 5.16 Å². The van der Waals surface area contributed by atoms with Crippen molar-refractivity contribution in [2.24, 2.45) is 0 Å². The first-order valence-corrected chi connectivity index (χ1v) is 4.79. The Morgan fingerprint density at radius 3 is 2.82 bits per heavy atom. The fraction of sp³-hybridized carbons (Fsp3) is 0.0909. The lowest BCUT2D eigenvalue weighted by atomic mass is 10.2. The second-order valence-electron chi connectivity index (χ2n) is 3.34. The van der Waals surface area contributed by atoms with E-state index in [1.54, 1.807) is 0 Å². The predicted molar refractivity (Wildman–Crippen MR) is 55.2 cm³/mol. The molecule has 0 unspecified atom stereocenters. The Morgan fingerprint density at radius 1 is 1.35 bits per heavy atom. The quantitative estimate of drug-likeness (QED) is 0.891. The van der Waals surface area contributed by atoms with Gasteiger partial charge in [0.2, 0.25) is 5.91 Å². The maximum absolute atomic E-state index is 13.2. The molecule has 0 aliphatic rings. The van der Waals surface area contributed by atoms with Gasteiger partial charge in [0.15, 0.2) is 0 Å². The highest BCUT2D eigenvalue weighted by molar-refractivity contribution is 5.92. The molecule has 0 saturated heterocycles. The molecule has 2 aromatic rings. The lowest BCUT2D eigenvalue weighted by molar-refractivity contribution is -0.115. The Bertz CT molecular complexity index is 526. The van der Waals surface area contributed by atoms with E-state index in [1.165, 1.54) is 12.3 Å². The van der Waals surface area contributed by atoms with Crippen molar-refractivity contribution < 1.29 is 18.1 Å². The molecule has 0 fully saturated rings. The van der Waals surface area contributed by atoms with Gasteiger partial charge in [-0.2, -0.15) is 0 Å². The second kappa shape index (κ2) is 4.73. The van der Waals surface area contributed by atoms with E-state index in [-0.39, 0.29) is 12.1 Å². The standard InChI is InChI=1S/C11H8F2N2O2/c12-7-1-2-10(9(13)5-7)14-11(16)6-8-3-4-17-15-8/h1-5H,6H2,(H,14,16). The number of aromatic nitrogens is 1. The fourth-order valence-electron chi connectivity index (χ4n) is 1.28. The smallest absolute Gasteiger partial charge is 0.230 e. The van der Waals surface area contributed by atoms with Crippen LogP contribution in [0, 0.1) is 11.6 Å². The molecule has 6 heteroatoms. The number of carbonyl (C=O) groups excluding carboxylic acids is 1. The minimum Gasteiger partial charge on any atom is -0.364 e. The molecular weight excluding hydrogens is 230 g/mol. The zero-order valence-electron chi connectivity index (χ0n) is 8.61. The van der Waals surface area contributed by atoms with Gasteiger partial charge in [0.25, 0.3) is 0 Å². The molecule has 0 atom stereocenters. The van der Waals surface area contributed by atoms with Gasteiger partial charge in [-0.15, -0.1) is 0 Å². The van der Waals surface area contributed by atoms with Crippen LogP contribution in [0.15, 0.2) is 35.1 Å². The van der Waals surface area contributed by atoms with Crippen LogP contribution in [-0.2, 0) is 11.2 Å². The van der Waals surface area contributed by atoms with E-state index in [4.69, 9.17) is 0 Å². The van der Waals surface area contributed by atoms with Crippen LogP contribution in [0.5, 0.6) is 0 Å². The van der Waals surface area contributed by atoms with Crippen molar-refractivity contribution in [2.75, 3.05) is 5.32 Å². The fourth-order valence-corrected chi connectivity index (χ4v) is 1.28. The molecule has 0 spiro atoms. The number of halogens is 2. The largest absolute Gasteiger partial charge is 0.364 e. The molecule has 0 radical (unpaired) electrons. The van der Waals surface area contributed by atoms with Crippen LogP contribution in [0.25, 0.3) is 0 Å². The Labute approximate surface area is 95.2 Å². The Kier molecular flexibility index (Phi) is 3.13. The van der Waals surface area contributed by atoms with Crippen LogP contribution in [0.3, 0.4) is 0 Å². The van der Waals surface area contributed by atoms with E-state index in [2.05, 4.69) is 15.0 Å². The van der Waals surface area contributed by atoms with E-state index < -0.39 is 17.5 Å². The third-order valence-corrected chi connectivity index (χ3v) is 2.04. The highest BCUT2D eigenvalue weighted by atomic mass is 19.1. The summed E-state index contributed by atoms with van der Waals surface area (Å²) in [5.41, 5.74) is 0.366. The number of benzene rings is 1. The van der Waals surface area contributed by atoms with Gasteiger partial charge >= 0.3 is 0 Å². The summed E-state index contributed by atoms with van der Waals surface area (Å²) in [5, 5.41) is 5.86. The van der Waals surface area contributed by atoms with E-state index >= 15 is 0 Å². The minimum atomic E-state index is -0.821. The van der Waals surface area contributed by atoms with E-state index in [9.17, 15) is 13.6 Å². The molecule has 2 rings (SSSR count). The molecule has 0 aliphatic heterocycles. The summed E-state index contributed by atoms with van der Waals surface area (Å²) in [6, 6.07) is 4.45. The molecule has 1 aromatic carbocycles. The first-order valence-electron chi connectivity index (χ1n) is 4.79. The topological polar surface area (TPSA) is 55.1 Å². The van der Waals surface area contributed by atoms with E-state index in [1.807, 2.05) is 0 Å². The van der Waals surface area contributed by atoms with Gasteiger partial charge in [-0.3, -0.25) is 4.79 Å². The van der Waals surface area contributed by atoms with Gasteiger partial charge in [0.05, 0.1) is 17.8 Å². The Morgan fingerprint density at radius 2 is 2.18 bits per heavy atom. The molecule has 17 heavy (non-hydrogen) atoms. The van der Waals surface area contributed by atoms with Crippen LogP contribution in [0.2, 0.25) is 0 Å². The molecule has 4 nitrogen and oxygen atoms in total. The molecule has 1 amide bonds. The number of carbonyl (C=O) groups is 1. The van der Waals surface area contributed by atoms with Gasteiger partial charge in [-0.05, 0) is 12.1 Å². The third kappa shape index (κ3) is 2.87. The van der Waals surface area contributed by atoms with Crippen molar-refractivity contribution in [3.63, 3.8) is 0 Å². The van der Waals surface area contributed by atoms with Gasteiger partial charge < -0.3 is 9.84 Å². The average Bonchev–Trinajstić information content (AvgIpc) is 2.75. The number of hydrogen-bond acceptors (Lipinski definition) is 3. The number of rotatable bonds is 3. The van der Waals surface area contributed by atoms with Crippen LogP contribution < -0.4 is 5.32 Å². The summed E-state index contributed by atoms with van der Waals surface area (Å²) >= 11 is 0. The Balaban J connectivity index is 2.03. The summed E-state index contributed by atoms with van der Waals surface area (Å²) < 4.78 is 30.4. The highest BCUT2D eigenvalue weighted by Gasteiger charge is 2.09.